The summed E-state index contributed by atoms with van der Waals surface area (Å²) in [5.41, 5.74) is 0.504. The molecule has 0 bridgehead atoms. The zero-order valence-electron chi connectivity index (χ0n) is 13.1. The third-order valence-corrected chi connectivity index (χ3v) is 4.76. The van der Waals surface area contributed by atoms with Crippen molar-refractivity contribution >= 4 is 21.3 Å². The van der Waals surface area contributed by atoms with Gasteiger partial charge in [-0.15, -0.1) is 0 Å². The number of nitrogens with one attached hydrogen (secondary N) is 1. The normalized spacial score (nSPS) is 12.0. The predicted molar refractivity (Wildman–Crippen MR) is 88.1 cm³/mol. The van der Waals surface area contributed by atoms with Crippen LogP contribution in [-0.2, 0) is 16.2 Å². The van der Waals surface area contributed by atoms with Gasteiger partial charge in [-0.3, -0.25) is 4.72 Å². The van der Waals surface area contributed by atoms with Crippen LogP contribution < -0.4 is 4.72 Å². The molecule has 0 aliphatic carbocycles. The third kappa shape index (κ3) is 3.97. The minimum Gasteiger partial charge on any atom is -0.279 e. The van der Waals surface area contributed by atoms with E-state index in [-0.39, 0.29) is 16.1 Å². The molecule has 0 saturated carbocycles. The van der Waals surface area contributed by atoms with Crippen molar-refractivity contribution < 1.29 is 21.6 Å². The lowest BCUT2D eigenvalue weighted by Crippen LogP contribution is -2.15. The molecule has 1 N–H and O–H groups in total. The molecule has 0 fully saturated rings. The maximum Gasteiger partial charge on any atom is 0.416 e. The average Bonchev–Trinajstić information content (AvgIpc) is 2.46. The van der Waals surface area contributed by atoms with Crippen molar-refractivity contribution in [1.82, 2.24) is 0 Å². The Hall–Kier alpha value is -2.28. The largest absolute Gasteiger partial charge is 0.416 e. The van der Waals surface area contributed by atoms with Gasteiger partial charge >= 0.3 is 6.18 Å². The number of alkyl halides is 3. The Morgan fingerprint density at radius 1 is 1.08 bits per heavy atom. The average molecular weight is 355 g/mol. The van der Waals surface area contributed by atoms with Crippen LogP contribution in [0.15, 0.2) is 53.9 Å². The van der Waals surface area contributed by atoms with Gasteiger partial charge in [0, 0.05) is 5.56 Å². The van der Waals surface area contributed by atoms with E-state index in [2.05, 4.69) is 11.3 Å². The first-order valence-electron chi connectivity index (χ1n) is 6.97. The maximum atomic E-state index is 12.8. The molecule has 0 atom stereocenters. The summed E-state index contributed by atoms with van der Waals surface area (Å²) >= 11 is 0. The van der Waals surface area contributed by atoms with Crippen molar-refractivity contribution in [2.45, 2.75) is 24.9 Å². The lowest BCUT2D eigenvalue weighted by atomic mass is 10.0. The number of halogens is 3. The van der Waals surface area contributed by atoms with E-state index < -0.39 is 21.8 Å². The fourth-order valence-electron chi connectivity index (χ4n) is 2.08. The molecular weight excluding hydrogens is 339 g/mol. The van der Waals surface area contributed by atoms with Crippen molar-refractivity contribution in [2.24, 2.45) is 0 Å². The van der Waals surface area contributed by atoms with Crippen molar-refractivity contribution in [3.63, 3.8) is 0 Å². The molecule has 24 heavy (non-hydrogen) atoms. The van der Waals surface area contributed by atoms with E-state index in [1.165, 1.54) is 19.1 Å². The third-order valence-electron chi connectivity index (χ3n) is 3.38. The van der Waals surface area contributed by atoms with Gasteiger partial charge in [0.2, 0.25) is 0 Å². The first-order chi connectivity index (χ1) is 11.0. The van der Waals surface area contributed by atoms with Gasteiger partial charge in [-0.25, -0.2) is 8.42 Å². The summed E-state index contributed by atoms with van der Waals surface area (Å²) in [6.07, 6.45) is -4.52. The van der Waals surface area contributed by atoms with Gasteiger partial charge in [0.15, 0.2) is 0 Å². The van der Waals surface area contributed by atoms with Crippen LogP contribution in [0.3, 0.4) is 0 Å². The highest BCUT2D eigenvalue weighted by atomic mass is 32.2. The first-order valence-corrected chi connectivity index (χ1v) is 8.45. The smallest absolute Gasteiger partial charge is 0.279 e. The SMILES string of the molecule is C=C(C)c1cc(C(F)(F)F)ccc1NS(=O)(=O)c1ccc(C)cc1. The molecule has 3 nitrogen and oxygen atoms in total. The fourth-order valence-corrected chi connectivity index (χ4v) is 3.16. The Bertz CT molecular complexity index is 870. The number of aryl methyl sites for hydroxylation is 1. The van der Waals surface area contributed by atoms with Crippen LogP contribution in [0.5, 0.6) is 0 Å². The Morgan fingerprint density at radius 3 is 2.17 bits per heavy atom. The van der Waals surface area contributed by atoms with Gasteiger partial charge in [0.05, 0.1) is 16.1 Å². The summed E-state index contributed by atoms with van der Waals surface area (Å²) in [4.78, 5) is 0.0284. The Morgan fingerprint density at radius 2 is 1.67 bits per heavy atom. The van der Waals surface area contributed by atoms with Gasteiger partial charge in [-0.05, 0) is 49.8 Å². The minimum atomic E-state index is -4.52. The van der Waals surface area contributed by atoms with Crippen LogP contribution >= 0.6 is 0 Å². The Labute approximate surface area is 138 Å². The Kier molecular flexibility index (Phi) is 4.75. The molecule has 2 rings (SSSR count). The van der Waals surface area contributed by atoms with E-state index in [9.17, 15) is 21.6 Å². The number of allylic oxidation sites excluding steroid dienone is 1. The van der Waals surface area contributed by atoms with E-state index in [0.29, 0.717) is 5.57 Å². The highest BCUT2D eigenvalue weighted by Crippen LogP contribution is 2.34. The molecule has 0 heterocycles. The first kappa shape index (κ1) is 18.1. The van der Waals surface area contributed by atoms with Crippen LogP contribution in [0.25, 0.3) is 5.57 Å². The lowest BCUT2D eigenvalue weighted by molar-refractivity contribution is -0.137. The molecule has 0 amide bonds. The Balaban J connectivity index is 2.45. The highest BCUT2D eigenvalue weighted by Gasteiger charge is 2.31. The van der Waals surface area contributed by atoms with E-state index in [1.54, 1.807) is 12.1 Å². The molecule has 128 valence electrons. The van der Waals surface area contributed by atoms with E-state index in [4.69, 9.17) is 0 Å². The predicted octanol–water partition coefficient (Wildman–Crippen LogP) is 4.85. The maximum absolute atomic E-state index is 12.8. The zero-order valence-corrected chi connectivity index (χ0v) is 13.9. The van der Waals surface area contributed by atoms with Gasteiger partial charge < -0.3 is 0 Å². The summed E-state index contributed by atoms with van der Waals surface area (Å²) in [5, 5.41) is 0. The van der Waals surface area contributed by atoms with E-state index in [1.807, 2.05) is 6.92 Å². The van der Waals surface area contributed by atoms with Crippen molar-refractivity contribution in [2.75, 3.05) is 4.72 Å². The van der Waals surface area contributed by atoms with E-state index in [0.717, 1.165) is 23.8 Å². The number of hydrogen-bond donors (Lipinski definition) is 1. The van der Waals surface area contributed by atoms with Crippen LogP contribution in [-0.4, -0.2) is 8.42 Å². The molecule has 0 aliphatic heterocycles. The number of sulfonamides is 1. The summed E-state index contributed by atoms with van der Waals surface area (Å²) in [5.74, 6) is 0. The van der Waals surface area contributed by atoms with Crippen molar-refractivity contribution in [3.05, 3.63) is 65.7 Å². The minimum absolute atomic E-state index is 0.0284. The van der Waals surface area contributed by atoms with Gasteiger partial charge in [-0.1, -0.05) is 24.3 Å². The van der Waals surface area contributed by atoms with Crippen LogP contribution in [0, 0.1) is 6.92 Å². The molecule has 2 aromatic carbocycles. The number of anilines is 1. The molecule has 2 aromatic rings. The van der Waals surface area contributed by atoms with Crippen molar-refractivity contribution in [3.8, 4) is 0 Å². The monoisotopic (exact) mass is 355 g/mol. The topological polar surface area (TPSA) is 46.2 Å². The number of benzene rings is 2. The molecule has 0 aliphatic rings. The van der Waals surface area contributed by atoms with E-state index >= 15 is 0 Å². The van der Waals surface area contributed by atoms with Crippen molar-refractivity contribution in [1.29, 1.82) is 0 Å². The standard InChI is InChI=1S/C17H16F3NO2S/c1-11(2)15-10-13(17(18,19)20)6-9-16(15)21-24(22,23)14-7-4-12(3)5-8-14/h4-10,21H,1H2,2-3H3. The quantitative estimate of drug-likeness (QED) is 0.852. The second-order valence-electron chi connectivity index (χ2n) is 5.46. The second-order valence-corrected chi connectivity index (χ2v) is 7.14. The molecule has 7 heteroatoms. The number of rotatable bonds is 4. The second kappa shape index (κ2) is 6.32. The molecule has 0 spiro atoms. The summed E-state index contributed by atoms with van der Waals surface area (Å²) < 4.78 is 65.6. The van der Waals surface area contributed by atoms with Crippen LogP contribution in [0.1, 0.15) is 23.6 Å². The summed E-state index contributed by atoms with van der Waals surface area (Å²) in [6, 6.07) is 8.96. The summed E-state index contributed by atoms with van der Waals surface area (Å²) in [7, 11) is -3.91. The summed E-state index contributed by atoms with van der Waals surface area (Å²) in [6.45, 7) is 6.95. The lowest BCUT2D eigenvalue weighted by Gasteiger charge is -2.15. The van der Waals surface area contributed by atoms with Gasteiger partial charge in [0.25, 0.3) is 10.0 Å². The fraction of sp³-hybridized carbons (Fsp3) is 0.176. The zero-order chi connectivity index (χ0) is 18.1. The molecule has 0 unspecified atom stereocenters. The van der Waals surface area contributed by atoms with Crippen LogP contribution in [0.4, 0.5) is 18.9 Å². The van der Waals surface area contributed by atoms with Gasteiger partial charge in [0.1, 0.15) is 0 Å². The molecule has 0 radical (unpaired) electrons. The molecule has 0 aromatic heterocycles. The van der Waals surface area contributed by atoms with Crippen LogP contribution in [0.2, 0.25) is 0 Å². The molecular formula is C17H16F3NO2S. The van der Waals surface area contributed by atoms with Gasteiger partial charge in [-0.2, -0.15) is 13.2 Å². The number of hydrogen-bond acceptors (Lipinski definition) is 2. The molecule has 0 saturated heterocycles. The highest BCUT2D eigenvalue weighted by molar-refractivity contribution is 7.92.